The maximum Gasteiger partial charge on any atom is 0.142 e. The summed E-state index contributed by atoms with van der Waals surface area (Å²) in [6.45, 7) is 1.79. The van der Waals surface area contributed by atoms with Gasteiger partial charge in [0.25, 0.3) is 0 Å². The third-order valence-electron chi connectivity index (χ3n) is 2.25. The lowest BCUT2D eigenvalue weighted by atomic mass is 10.4. The van der Waals surface area contributed by atoms with Crippen molar-refractivity contribution in [3.63, 3.8) is 0 Å². The molecule has 2 nitrogen and oxygen atoms in total. The highest BCUT2D eigenvalue weighted by Crippen LogP contribution is 2.25. The van der Waals surface area contributed by atoms with E-state index in [1.165, 1.54) is 0 Å². The summed E-state index contributed by atoms with van der Waals surface area (Å²) in [5.74, 6) is 1.23. The van der Waals surface area contributed by atoms with Crippen LogP contribution in [0.25, 0.3) is 0 Å². The quantitative estimate of drug-likeness (QED) is 0.585. The summed E-state index contributed by atoms with van der Waals surface area (Å²) >= 11 is 19.3. The Morgan fingerprint density at radius 3 is 2.11 bits per heavy atom. The van der Waals surface area contributed by atoms with Crippen molar-refractivity contribution >= 4 is 46.6 Å². The summed E-state index contributed by atoms with van der Waals surface area (Å²) in [5, 5.41) is 1.53. The van der Waals surface area contributed by atoms with Gasteiger partial charge >= 0.3 is 0 Å². The molecular weight excluding hydrogens is 311 g/mol. The number of rotatable bonds is 3. The highest BCUT2D eigenvalue weighted by molar-refractivity contribution is 7.98. The van der Waals surface area contributed by atoms with Crippen LogP contribution >= 0.6 is 46.6 Å². The van der Waals surface area contributed by atoms with E-state index in [0.717, 1.165) is 9.92 Å². The van der Waals surface area contributed by atoms with Crippen molar-refractivity contribution in [2.75, 3.05) is 0 Å². The molecule has 0 atom stereocenters. The lowest BCUT2D eigenvalue weighted by molar-refractivity contribution is 1.01. The van der Waals surface area contributed by atoms with E-state index in [1.807, 2.05) is 24.3 Å². The van der Waals surface area contributed by atoms with Gasteiger partial charge in [-0.2, -0.15) is 0 Å². The predicted octanol–water partition coefficient (Wildman–Crippen LogP) is 5.04. The Hall–Kier alpha value is -0.480. The first kappa shape index (κ1) is 13.9. The monoisotopic (exact) mass is 318 g/mol. The van der Waals surface area contributed by atoms with Crippen LogP contribution in [0.4, 0.5) is 0 Å². The fourth-order valence-electron chi connectivity index (χ4n) is 1.25. The van der Waals surface area contributed by atoms with Crippen LogP contribution in [0.3, 0.4) is 0 Å². The number of thioether (sulfide) groups is 1. The third kappa shape index (κ3) is 3.51. The minimum Gasteiger partial charge on any atom is -0.220 e. The van der Waals surface area contributed by atoms with Gasteiger partial charge in [-0.1, -0.05) is 34.8 Å². The molecule has 0 spiro atoms. The number of halogens is 3. The Morgan fingerprint density at radius 2 is 1.56 bits per heavy atom. The Kier molecular flexibility index (Phi) is 4.73. The Balaban J connectivity index is 2.08. The van der Waals surface area contributed by atoms with Crippen molar-refractivity contribution < 1.29 is 0 Å². The number of hydrogen-bond acceptors (Lipinski definition) is 3. The van der Waals surface area contributed by atoms with E-state index in [9.17, 15) is 0 Å². The zero-order valence-corrected chi connectivity index (χ0v) is 12.5. The van der Waals surface area contributed by atoms with Gasteiger partial charge in [-0.05, 0) is 31.2 Å². The van der Waals surface area contributed by atoms with Crippen LogP contribution in [0.15, 0.2) is 29.2 Å². The molecule has 1 heterocycles. The van der Waals surface area contributed by atoms with Crippen molar-refractivity contribution in [3.8, 4) is 0 Å². The van der Waals surface area contributed by atoms with Crippen LogP contribution in [0.5, 0.6) is 0 Å². The molecule has 2 aromatic rings. The molecule has 0 radical (unpaired) electrons. The Bertz CT molecular complexity index is 535. The fourth-order valence-corrected chi connectivity index (χ4v) is 2.55. The lowest BCUT2D eigenvalue weighted by Crippen LogP contribution is -1.96. The minimum atomic E-state index is 0.404. The van der Waals surface area contributed by atoms with Gasteiger partial charge in [0.05, 0.1) is 5.75 Å². The van der Waals surface area contributed by atoms with Gasteiger partial charge in [0.15, 0.2) is 0 Å². The molecule has 0 aliphatic rings. The first-order chi connectivity index (χ1) is 8.56. The topological polar surface area (TPSA) is 25.8 Å². The van der Waals surface area contributed by atoms with Gasteiger partial charge < -0.3 is 0 Å². The Morgan fingerprint density at radius 1 is 1.00 bits per heavy atom. The zero-order valence-electron chi connectivity index (χ0n) is 9.45. The smallest absolute Gasteiger partial charge is 0.142 e. The maximum atomic E-state index is 5.96. The fraction of sp³-hybridized carbons (Fsp3) is 0.167. The normalized spacial score (nSPS) is 10.7. The third-order valence-corrected chi connectivity index (χ3v) is 4.25. The summed E-state index contributed by atoms with van der Waals surface area (Å²) in [7, 11) is 0. The predicted molar refractivity (Wildman–Crippen MR) is 77.8 cm³/mol. The molecule has 94 valence electrons. The van der Waals surface area contributed by atoms with Gasteiger partial charge in [-0.25, -0.2) is 9.97 Å². The molecule has 0 saturated carbocycles. The number of hydrogen-bond donors (Lipinski definition) is 0. The van der Waals surface area contributed by atoms with Crippen LogP contribution < -0.4 is 0 Å². The first-order valence-corrected chi connectivity index (χ1v) is 7.25. The van der Waals surface area contributed by atoms with Crippen molar-refractivity contribution in [2.24, 2.45) is 0 Å². The molecule has 0 bridgehead atoms. The van der Waals surface area contributed by atoms with E-state index in [4.69, 9.17) is 34.8 Å². The second kappa shape index (κ2) is 6.11. The molecule has 1 aromatic heterocycles. The Labute approximate surface area is 125 Å². The van der Waals surface area contributed by atoms with E-state index < -0.39 is 0 Å². The number of aromatic nitrogens is 2. The highest BCUT2D eigenvalue weighted by atomic mass is 35.5. The van der Waals surface area contributed by atoms with E-state index in [2.05, 4.69) is 9.97 Å². The van der Waals surface area contributed by atoms with Crippen LogP contribution in [0.1, 0.15) is 11.4 Å². The molecular formula is C12H9Cl3N2S. The standard InChI is InChI=1S/C12H9Cl3N2S/c1-7-11(14)16-10(17-12(7)15)6-18-9-4-2-8(13)3-5-9/h2-5H,6H2,1H3. The van der Waals surface area contributed by atoms with E-state index in [0.29, 0.717) is 27.4 Å². The number of nitrogens with zero attached hydrogens (tertiary/aromatic N) is 2. The maximum absolute atomic E-state index is 5.96. The van der Waals surface area contributed by atoms with E-state index in [1.54, 1.807) is 18.7 Å². The van der Waals surface area contributed by atoms with Crippen LogP contribution in [-0.4, -0.2) is 9.97 Å². The summed E-state index contributed by atoms with van der Waals surface area (Å²) in [4.78, 5) is 9.47. The van der Waals surface area contributed by atoms with Crippen molar-refractivity contribution in [3.05, 3.63) is 51.0 Å². The number of benzene rings is 1. The second-order valence-electron chi connectivity index (χ2n) is 3.59. The highest BCUT2D eigenvalue weighted by Gasteiger charge is 2.07. The van der Waals surface area contributed by atoms with E-state index >= 15 is 0 Å². The largest absolute Gasteiger partial charge is 0.220 e. The molecule has 0 aliphatic carbocycles. The summed E-state index contributed by atoms with van der Waals surface area (Å²) in [6, 6.07) is 7.59. The van der Waals surface area contributed by atoms with Gasteiger partial charge in [-0.3, -0.25) is 0 Å². The van der Waals surface area contributed by atoms with Crippen molar-refractivity contribution in [1.29, 1.82) is 0 Å². The van der Waals surface area contributed by atoms with Crippen LogP contribution in [0, 0.1) is 6.92 Å². The van der Waals surface area contributed by atoms with Gasteiger partial charge in [0.1, 0.15) is 16.1 Å². The molecule has 0 saturated heterocycles. The van der Waals surface area contributed by atoms with Gasteiger partial charge in [-0.15, -0.1) is 11.8 Å². The minimum absolute atomic E-state index is 0.404. The average Bonchev–Trinajstić information content (AvgIpc) is 2.35. The van der Waals surface area contributed by atoms with Crippen LogP contribution in [0.2, 0.25) is 15.3 Å². The summed E-state index contributed by atoms with van der Waals surface area (Å²) < 4.78 is 0. The molecule has 0 amide bonds. The first-order valence-electron chi connectivity index (χ1n) is 5.13. The average molecular weight is 320 g/mol. The van der Waals surface area contributed by atoms with Gasteiger partial charge in [0, 0.05) is 15.5 Å². The molecule has 0 fully saturated rings. The van der Waals surface area contributed by atoms with Crippen molar-refractivity contribution in [1.82, 2.24) is 9.97 Å². The SMILES string of the molecule is Cc1c(Cl)nc(CSc2ccc(Cl)cc2)nc1Cl. The molecule has 1 aromatic carbocycles. The second-order valence-corrected chi connectivity index (χ2v) is 5.79. The molecule has 0 unspecified atom stereocenters. The molecule has 0 aliphatic heterocycles. The molecule has 6 heteroatoms. The zero-order chi connectivity index (χ0) is 13.1. The molecule has 0 N–H and O–H groups in total. The summed E-state index contributed by atoms with van der Waals surface area (Å²) in [5.41, 5.74) is 0.707. The summed E-state index contributed by atoms with van der Waals surface area (Å²) in [6.07, 6.45) is 0. The van der Waals surface area contributed by atoms with Crippen molar-refractivity contribution in [2.45, 2.75) is 17.6 Å². The molecule has 18 heavy (non-hydrogen) atoms. The van der Waals surface area contributed by atoms with Crippen LogP contribution in [-0.2, 0) is 5.75 Å². The molecule has 2 rings (SSSR count). The van der Waals surface area contributed by atoms with Gasteiger partial charge in [0.2, 0.25) is 0 Å². The lowest BCUT2D eigenvalue weighted by Gasteiger charge is -2.04. The van der Waals surface area contributed by atoms with E-state index in [-0.39, 0.29) is 0 Å².